The molecule has 0 saturated carbocycles. The second kappa shape index (κ2) is 6.28. The van der Waals surface area contributed by atoms with Gasteiger partial charge in [0.15, 0.2) is 11.5 Å². The average Bonchev–Trinajstić information content (AvgIpc) is 2.43. The summed E-state index contributed by atoms with van der Waals surface area (Å²) in [6.07, 6.45) is 0. The van der Waals surface area contributed by atoms with Crippen molar-refractivity contribution in [3.05, 3.63) is 23.8 Å². The molecule has 4 nitrogen and oxygen atoms in total. The molecule has 1 aromatic rings. The largest absolute Gasteiger partial charge is 0.486 e. The van der Waals surface area contributed by atoms with Crippen molar-refractivity contribution in [2.45, 2.75) is 19.9 Å². The predicted molar refractivity (Wildman–Crippen MR) is 77.3 cm³/mol. The van der Waals surface area contributed by atoms with Crippen LogP contribution in [0.15, 0.2) is 18.2 Å². The summed E-state index contributed by atoms with van der Waals surface area (Å²) in [4.78, 5) is 12.2. The fourth-order valence-corrected chi connectivity index (χ4v) is 2.73. The van der Waals surface area contributed by atoms with Gasteiger partial charge < -0.3 is 14.8 Å². The molecule has 1 aliphatic heterocycles. The van der Waals surface area contributed by atoms with Crippen LogP contribution in [0.25, 0.3) is 0 Å². The smallest absolute Gasteiger partial charge is 0.251 e. The van der Waals surface area contributed by atoms with Crippen molar-refractivity contribution in [3.8, 4) is 11.5 Å². The molecule has 2 rings (SSSR count). The molecule has 104 valence electrons. The molecule has 5 heteroatoms. The number of ether oxygens (including phenoxy) is 2. The molecule has 1 unspecified atom stereocenters. The molecular formula is C14H18BrNO3. The lowest BCUT2D eigenvalue weighted by molar-refractivity contribution is 0.0930. The van der Waals surface area contributed by atoms with Crippen LogP contribution in [0.5, 0.6) is 11.5 Å². The molecule has 0 fully saturated rings. The van der Waals surface area contributed by atoms with Crippen LogP contribution in [-0.4, -0.2) is 30.5 Å². The van der Waals surface area contributed by atoms with Crippen molar-refractivity contribution < 1.29 is 14.3 Å². The van der Waals surface area contributed by atoms with E-state index < -0.39 is 0 Å². The zero-order valence-corrected chi connectivity index (χ0v) is 12.7. The summed E-state index contributed by atoms with van der Waals surface area (Å²) in [6, 6.07) is 5.38. The fraction of sp³-hybridized carbons (Fsp3) is 0.500. The Morgan fingerprint density at radius 3 is 2.63 bits per heavy atom. The van der Waals surface area contributed by atoms with Crippen molar-refractivity contribution in [2.24, 2.45) is 5.92 Å². The van der Waals surface area contributed by atoms with Crippen LogP contribution in [0.4, 0.5) is 0 Å². The summed E-state index contributed by atoms with van der Waals surface area (Å²) in [5.41, 5.74) is 0.593. The first-order chi connectivity index (χ1) is 9.11. The maximum absolute atomic E-state index is 12.2. The van der Waals surface area contributed by atoms with E-state index in [0.717, 1.165) is 5.33 Å². The number of rotatable bonds is 4. The Kier molecular flexibility index (Phi) is 4.69. The van der Waals surface area contributed by atoms with Gasteiger partial charge in [0.2, 0.25) is 0 Å². The number of fused-ring (bicyclic) bond motifs is 1. The minimum atomic E-state index is -0.0878. The van der Waals surface area contributed by atoms with E-state index in [2.05, 4.69) is 35.1 Å². The first kappa shape index (κ1) is 14.2. The van der Waals surface area contributed by atoms with Crippen LogP contribution in [0, 0.1) is 5.92 Å². The number of halogens is 1. The second-order valence-corrected chi connectivity index (χ2v) is 5.48. The van der Waals surface area contributed by atoms with Gasteiger partial charge in [0.1, 0.15) is 13.2 Å². The van der Waals surface area contributed by atoms with E-state index in [1.165, 1.54) is 0 Å². The van der Waals surface area contributed by atoms with Crippen LogP contribution < -0.4 is 14.8 Å². The van der Waals surface area contributed by atoms with Gasteiger partial charge in [-0.2, -0.15) is 0 Å². The molecule has 19 heavy (non-hydrogen) atoms. The van der Waals surface area contributed by atoms with Crippen LogP contribution >= 0.6 is 15.9 Å². The minimum absolute atomic E-state index is 0.0878. The number of alkyl halides is 1. The van der Waals surface area contributed by atoms with E-state index in [1.54, 1.807) is 18.2 Å². The molecule has 0 aromatic heterocycles. The van der Waals surface area contributed by atoms with E-state index in [4.69, 9.17) is 9.47 Å². The normalized spacial score (nSPS) is 15.2. The molecule has 0 aliphatic carbocycles. The molecule has 0 spiro atoms. The van der Waals surface area contributed by atoms with Gasteiger partial charge in [-0.25, -0.2) is 0 Å². The molecule has 0 radical (unpaired) electrons. The van der Waals surface area contributed by atoms with Crippen LogP contribution in [0.3, 0.4) is 0 Å². The molecule has 0 saturated heterocycles. The molecule has 1 aliphatic rings. The Hall–Kier alpha value is -1.23. The molecule has 1 amide bonds. The Morgan fingerprint density at radius 1 is 1.32 bits per heavy atom. The standard InChI is InChI=1S/C14H18BrNO3/c1-9(2)11(8-15)16-14(17)10-3-4-12-13(7-10)19-6-5-18-12/h3-4,7,9,11H,5-6,8H2,1-2H3,(H,16,17). The van der Waals surface area contributed by atoms with Crippen LogP contribution in [0.1, 0.15) is 24.2 Å². The summed E-state index contributed by atoms with van der Waals surface area (Å²) in [6.45, 7) is 5.23. The highest BCUT2D eigenvalue weighted by molar-refractivity contribution is 9.09. The first-order valence-electron chi connectivity index (χ1n) is 6.38. The van der Waals surface area contributed by atoms with Gasteiger partial charge in [-0.15, -0.1) is 0 Å². The summed E-state index contributed by atoms with van der Waals surface area (Å²) < 4.78 is 10.9. The van der Waals surface area contributed by atoms with Gasteiger partial charge in [0.05, 0.1) is 0 Å². The average molecular weight is 328 g/mol. The highest BCUT2D eigenvalue weighted by Gasteiger charge is 2.18. The quantitative estimate of drug-likeness (QED) is 0.865. The summed E-state index contributed by atoms with van der Waals surface area (Å²) >= 11 is 3.42. The van der Waals surface area contributed by atoms with Crippen molar-refractivity contribution in [2.75, 3.05) is 18.5 Å². The number of hydrogen-bond donors (Lipinski definition) is 1. The molecule has 1 heterocycles. The van der Waals surface area contributed by atoms with Gasteiger partial charge in [-0.1, -0.05) is 29.8 Å². The summed E-state index contributed by atoms with van der Waals surface area (Å²) in [7, 11) is 0. The van der Waals surface area contributed by atoms with Crippen molar-refractivity contribution >= 4 is 21.8 Å². The van der Waals surface area contributed by atoms with Gasteiger partial charge in [-0.3, -0.25) is 4.79 Å². The SMILES string of the molecule is CC(C)C(CBr)NC(=O)c1ccc2c(c1)OCCO2. The van der Waals surface area contributed by atoms with Gasteiger partial charge >= 0.3 is 0 Å². The Morgan fingerprint density at radius 2 is 2.00 bits per heavy atom. The molecular weight excluding hydrogens is 310 g/mol. The van der Waals surface area contributed by atoms with Crippen LogP contribution in [0.2, 0.25) is 0 Å². The molecule has 0 bridgehead atoms. The lowest BCUT2D eigenvalue weighted by Gasteiger charge is -2.21. The van der Waals surface area contributed by atoms with E-state index >= 15 is 0 Å². The van der Waals surface area contributed by atoms with Crippen molar-refractivity contribution in [1.82, 2.24) is 5.32 Å². The maximum atomic E-state index is 12.2. The molecule has 1 atom stereocenters. The molecule has 1 N–H and O–H groups in total. The lowest BCUT2D eigenvalue weighted by atomic mass is 10.1. The van der Waals surface area contributed by atoms with Gasteiger partial charge in [0.25, 0.3) is 5.91 Å². The Labute approximate surface area is 121 Å². The third kappa shape index (κ3) is 3.41. The topological polar surface area (TPSA) is 47.6 Å². The third-order valence-electron chi connectivity index (χ3n) is 3.09. The maximum Gasteiger partial charge on any atom is 0.251 e. The van der Waals surface area contributed by atoms with E-state index in [0.29, 0.717) is 36.2 Å². The number of carbonyl (C=O) groups excluding carboxylic acids is 1. The monoisotopic (exact) mass is 327 g/mol. The van der Waals surface area contributed by atoms with Crippen LogP contribution in [-0.2, 0) is 0 Å². The number of nitrogens with one attached hydrogen (secondary N) is 1. The number of carbonyl (C=O) groups is 1. The van der Waals surface area contributed by atoms with E-state index in [-0.39, 0.29) is 11.9 Å². The van der Waals surface area contributed by atoms with Crippen molar-refractivity contribution in [3.63, 3.8) is 0 Å². The van der Waals surface area contributed by atoms with E-state index in [9.17, 15) is 4.79 Å². The van der Waals surface area contributed by atoms with Gasteiger partial charge in [-0.05, 0) is 24.1 Å². The highest BCUT2D eigenvalue weighted by atomic mass is 79.9. The van der Waals surface area contributed by atoms with E-state index in [1.807, 2.05) is 0 Å². The van der Waals surface area contributed by atoms with Crippen molar-refractivity contribution in [1.29, 1.82) is 0 Å². The lowest BCUT2D eigenvalue weighted by Crippen LogP contribution is -2.39. The minimum Gasteiger partial charge on any atom is -0.486 e. The Balaban J connectivity index is 2.11. The number of amides is 1. The summed E-state index contributed by atoms with van der Waals surface area (Å²) in [5, 5.41) is 3.74. The molecule has 1 aromatic carbocycles. The van der Waals surface area contributed by atoms with Gasteiger partial charge in [0, 0.05) is 16.9 Å². The highest BCUT2D eigenvalue weighted by Crippen LogP contribution is 2.30. The number of hydrogen-bond acceptors (Lipinski definition) is 3. The zero-order valence-electron chi connectivity index (χ0n) is 11.1. The predicted octanol–water partition coefficient (Wildman–Crippen LogP) is 2.61. The number of benzene rings is 1. The fourth-order valence-electron chi connectivity index (χ4n) is 1.82. The Bertz CT molecular complexity index is 462. The second-order valence-electron chi connectivity index (χ2n) is 4.84. The summed E-state index contributed by atoms with van der Waals surface area (Å²) in [5.74, 6) is 1.62. The zero-order chi connectivity index (χ0) is 13.8. The first-order valence-corrected chi connectivity index (χ1v) is 7.50. The third-order valence-corrected chi connectivity index (χ3v) is 3.79.